The van der Waals surface area contributed by atoms with E-state index in [2.05, 4.69) is 15.5 Å². The van der Waals surface area contributed by atoms with Crippen molar-refractivity contribution >= 4 is 23.6 Å². The Labute approximate surface area is 260 Å². The van der Waals surface area contributed by atoms with Crippen LogP contribution in [-0.2, 0) is 20.8 Å². The Morgan fingerprint density at radius 2 is 1.68 bits per heavy atom. The number of benzene rings is 2. The van der Waals surface area contributed by atoms with E-state index >= 15 is 0 Å². The van der Waals surface area contributed by atoms with Gasteiger partial charge in [-0.25, -0.2) is 0 Å². The van der Waals surface area contributed by atoms with Crippen molar-refractivity contribution < 1.29 is 23.9 Å². The number of likely N-dealkylation sites (tertiary alicyclic amines) is 1. The Morgan fingerprint density at radius 3 is 2.48 bits per heavy atom. The molecule has 10 heteroatoms. The molecule has 2 aromatic rings. The van der Waals surface area contributed by atoms with Gasteiger partial charge in [-0.2, -0.15) is 0 Å². The summed E-state index contributed by atoms with van der Waals surface area (Å²) in [5, 5.41) is 6.18. The zero-order chi connectivity index (χ0) is 30.9. The Bertz CT molecular complexity index is 1300. The van der Waals surface area contributed by atoms with Gasteiger partial charge < -0.3 is 25.2 Å². The third-order valence-electron chi connectivity index (χ3n) is 8.85. The normalized spacial score (nSPS) is 23.3. The maximum Gasteiger partial charge on any atom is 0.253 e. The molecule has 236 valence electrons. The molecule has 2 aromatic carbocycles. The van der Waals surface area contributed by atoms with Crippen molar-refractivity contribution in [2.75, 3.05) is 46.4 Å². The van der Waals surface area contributed by atoms with Crippen LogP contribution in [0.15, 0.2) is 54.6 Å². The van der Waals surface area contributed by atoms with E-state index in [0.717, 1.165) is 31.5 Å². The minimum atomic E-state index is -0.702. The summed E-state index contributed by atoms with van der Waals surface area (Å²) in [7, 11) is 1.77. The summed E-state index contributed by atoms with van der Waals surface area (Å²) in [5.74, 6) is 0.107. The van der Waals surface area contributed by atoms with Crippen molar-refractivity contribution in [1.82, 2.24) is 25.3 Å². The van der Waals surface area contributed by atoms with Crippen LogP contribution >= 0.6 is 0 Å². The lowest BCUT2D eigenvalue weighted by Gasteiger charge is -2.29. The maximum absolute atomic E-state index is 14.1. The van der Waals surface area contributed by atoms with Gasteiger partial charge in [-0.1, -0.05) is 36.4 Å². The minimum absolute atomic E-state index is 0.0332. The summed E-state index contributed by atoms with van der Waals surface area (Å²) in [6, 6.07) is 15.7. The lowest BCUT2D eigenvalue weighted by molar-refractivity contribution is -0.138. The van der Waals surface area contributed by atoms with Crippen LogP contribution in [0.4, 0.5) is 0 Å². The van der Waals surface area contributed by atoms with Gasteiger partial charge in [0.1, 0.15) is 18.4 Å². The number of hydrogen-bond acceptors (Lipinski definition) is 6. The molecule has 3 heterocycles. The Kier molecular flexibility index (Phi) is 10.9. The summed E-state index contributed by atoms with van der Waals surface area (Å²) in [4.78, 5) is 58.8. The highest BCUT2D eigenvalue weighted by Crippen LogP contribution is 2.24. The summed E-state index contributed by atoms with van der Waals surface area (Å²) in [6.07, 6.45) is 5.46. The molecule has 0 saturated carbocycles. The van der Waals surface area contributed by atoms with Crippen LogP contribution in [0.5, 0.6) is 5.75 Å². The second-order valence-corrected chi connectivity index (χ2v) is 12.3. The predicted octanol–water partition coefficient (Wildman–Crippen LogP) is 2.62. The van der Waals surface area contributed by atoms with Crippen molar-refractivity contribution in [1.29, 1.82) is 0 Å². The summed E-state index contributed by atoms with van der Waals surface area (Å²) >= 11 is 0. The van der Waals surface area contributed by atoms with Crippen LogP contribution in [0.2, 0.25) is 0 Å². The lowest BCUT2D eigenvalue weighted by atomic mass is 10.1. The number of ether oxygens (including phenoxy) is 1. The number of fused-ring (bicyclic) bond motifs is 3. The van der Waals surface area contributed by atoms with Gasteiger partial charge in [0.25, 0.3) is 5.91 Å². The van der Waals surface area contributed by atoms with E-state index in [-0.39, 0.29) is 48.7 Å². The monoisotopic (exact) mass is 603 g/mol. The number of aryl methyl sites for hydroxylation is 1. The number of nitrogens with one attached hydrogen (secondary N) is 2. The molecule has 3 aliphatic heterocycles. The van der Waals surface area contributed by atoms with Crippen LogP contribution in [0.25, 0.3) is 0 Å². The second kappa shape index (κ2) is 15.2. The molecule has 2 N–H and O–H groups in total. The standard InChI is InChI=1S/C34H45N5O5/c1-37-17-6-5-14-30(36-31(40)16-15-25-10-3-2-4-11-25)34(43)39-22-27(35-32(41)23-38-18-7-8-19-38)21-28(39)24-44-29-13-9-12-26(20-29)33(37)42/h2-4,9-13,20,27-28,30H,5-8,14-19,21-24H2,1H3,(H,35,41)(H,36,40)/t27-,28-,30-/m0/s1. The maximum atomic E-state index is 14.1. The van der Waals surface area contributed by atoms with Crippen molar-refractivity contribution in [3.8, 4) is 5.75 Å². The molecule has 4 amide bonds. The van der Waals surface area contributed by atoms with Crippen LogP contribution in [0.3, 0.4) is 0 Å². The number of nitrogens with zero attached hydrogens (tertiary/aromatic N) is 3. The van der Waals surface area contributed by atoms with Gasteiger partial charge >= 0.3 is 0 Å². The Morgan fingerprint density at radius 1 is 0.909 bits per heavy atom. The Balaban J connectivity index is 1.31. The first-order chi connectivity index (χ1) is 21.4. The van der Waals surface area contributed by atoms with Gasteiger partial charge in [0, 0.05) is 38.2 Å². The number of rotatable bonds is 7. The first kappa shape index (κ1) is 31.5. The average molecular weight is 604 g/mol. The zero-order valence-corrected chi connectivity index (χ0v) is 25.7. The fourth-order valence-corrected chi connectivity index (χ4v) is 6.42. The van der Waals surface area contributed by atoms with Crippen molar-refractivity contribution in [3.63, 3.8) is 0 Å². The molecule has 0 unspecified atom stereocenters. The molecular formula is C34H45N5O5. The summed E-state index contributed by atoms with van der Waals surface area (Å²) < 4.78 is 6.16. The highest BCUT2D eigenvalue weighted by atomic mass is 16.5. The molecule has 2 fully saturated rings. The summed E-state index contributed by atoms with van der Waals surface area (Å²) in [5.41, 5.74) is 1.62. The third kappa shape index (κ3) is 8.59. The number of hydrogen-bond donors (Lipinski definition) is 2. The van der Waals surface area contributed by atoms with E-state index in [1.165, 1.54) is 0 Å². The highest BCUT2D eigenvalue weighted by Gasteiger charge is 2.39. The SMILES string of the molecule is CN1CCCC[C@H](NC(=O)CCc2ccccc2)C(=O)N2C[C@@H](NC(=O)CN3CCCC3)C[C@H]2COc2cccc(c2)C1=O. The minimum Gasteiger partial charge on any atom is -0.491 e. The van der Waals surface area contributed by atoms with Gasteiger partial charge in [0.05, 0.1) is 12.6 Å². The molecule has 0 aromatic heterocycles. The van der Waals surface area contributed by atoms with E-state index in [1.807, 2.05) is 30.3 Å². The molecule has 2 bridgehead atoms. The van der Waals surface area contributed by atoms with Crippen LogP contribution in [0.1, 0.15) is 60.9 Å². The first-order valence-electron chi connectivity index (χ1n) is 16.0. The van der Waals surface area contributed by atoms with E-state index < -0.39 is 6.04 Å². The quantitative estimate of drug-likeness (QED) is 0.504. The summed E-state index contributed by atoms with van der Waals surface area (Å²) in [6.45, 7) is 3.33. The van der Waals surface area contributed by atoms with E-state index in [1.54, 1.807) is 41.1 Å². The molecule has 3 atom stereocenters. The average Bonchev–Trinajstić information content (AvgIpc) is 3.69. The molecule has 44 heavy (non-hydrogen) atoms. The smallest absolute Gasteiger partial charge is 0.253 e. The van der Waals surface area contributed by atoms with E-state index in [4.69, 9.17) is 4.74 Å². The predicted molar refractivity (Wildman–Crippen MR) is 167 cm³/mol. The second-order valence-electron chi connectivity index (χ2n) is 12.3. The molecule has 5 rings (SSSR count). The molecule has 2 saturated heterocycles. The molecule has 3 aliphatic rings. The van der Waals surface area contributed by atoms with Gasteiger partial charge in [-0.3, -0.25) is 24.1 Å². The van der Waals surface area contributed by atoms with Gasteiger partial charge in [0.15, 0.2) is 0 Å². The fraction of sp³-hybridized carbons (Fsp3) is 0.529. The molecule has 0 spiro atoms. The molecular weight excluding hydrogens is 558 g/mol. The Hall–Kier alpha value is -3.92. The van der Waals surface area contributed by atoms with Crippen LogP contribution in [0, 0.1) is 0 Å². The lowest BCUT2D eigenvalue weighted by Crippen LogP contribution is -2.51. The number of carbonyl (C=O) groups is 4. The molecule has 0 aliphatic carbocycles. The van der Waals surface area contributed by atoms with E-state index in [9.17, 15) is 19.2 Å². The first-order valence-corrected chi connectivity index (χ1v) is 16.0. The highest BCUT2D eigenvalue weighted by molar-refractivity contribution is 5.94. The van der Waals surface area contributed by atoms with Gasteiger partial charge in [0.2, 0.25) is 17.7 Å². The third-order valence-corrected chi connectivity index (χ3v) is 8.85. The topological polar surface area (TPSA) is 111 Å². The zero-order valence-electron chi connectivity index (χ0n) is 25.7. The molecule has 10 nitrogen and oxygen atoms in total. The van der Waals surface area contributed by atoms with Crippen molar-refractivity contribution in [2.45, 2.75) is 69.5 Å². The largest absolute Gasteiger partial charge is 0.491 e. The number of carbonyl (C=O) groups excluding carboxylic acids is 4. The van der Waals surface area contributed by atoms with Crippen molar-refractivity contribution in [3.05, 3.63) is 65.7 Å². The van der Waals surface area contributed by atoms with Gasteiger partial charge in [-0.15, -0.1) is 0 Å². The van der Waals surface area contributed by atoms with Crippen LogP contribution in [-0.4, -0.2) is 103 Å². The van der Waals surface area contributed by atoms with Crippen molar-refractivity contribution in [2.24, 2.45) is 0 Å². The molecule has 0 radical (unpaired) electrons. The number of amides is 4. The van der Waals surface area contributed by atoms with Gasteiger partial charge in [-0.05, 0) is 81.8 Å². The van der Waals surface area contributed by atoms with Crippen LogP contribution < -0.4 is 15.4 Å². The van der Waals surface area contributed by atoms with E-state index in [0.29, 0.717) is 63.1 Å². The fourth-order valence-electron chi connectivity index (χ4n) is 6.42.